The fourth-order valence-electron chi connectivity index (χ4n) is 4.48. The van der Waals surface area contributed by atoms with Gasteiger partial charge in [0, 0.05) is 40.1 Å². The summed E-state index contributed by atoms with van der Waals surface area (Å²) in [5.41, 5.74) is 0.794. The van der Waals surface area contributed by atoms with Gasteiger partial charge in [-0.1, -0.05) is 19.3 Å². The normalized spacial score (nSPS) is 20.4. The minimum atomic E-state index is -0.0745. The quantitative estimate of drug-likeness (QED) is 0.789. The molecule has 2 heterocycles. The maximum Gasteiger partial charge on any atom is 0.223 e. The molecule has 0 aromatic carbocycles. The van der Waals surface area contributed by atoms with E-state index in [-0.39, 0.29) is 17.9 Å². The molecule has 1 aliphatic carbocycles. The number of anilines is 1. The Morgan fingerprint density at radius 1 is 1.14 bits per heavy atom. The summed E-state index contributed by atoms with van der Waals surface area (Å²) in [7, 11) is 3.60. The maximum absolute atomic E-state index is 13.2. The third-order valence-electron chi connectivity index (χ3n) is 6.30. The van der Waals surface area contributed by atoms with Gasteiger partial charge in [-0.15, -0.1) is 0 Å². The molecule has 7 heteroatoms. The third kappa shape index (κ3) is 5.67. The molecule has 1 aromatic rings. The highest BCUT2D eigenvalue weighted by atomic mass is 16.2. The van der Waals surface area contributed by atoms with E-state index in [2.05, 4.69) is 10.3 Å². The fraction of sp³-hybridized carbons (Fsp3) is 0.727. The van der Waals surface area contributed by atoms with Crippen LogP contribution in [-0.2, 0) is 16.1 Å². The fourth-order valence-corrected chi connectivity index (χ4v) is 4.48. The number of piperidine rings is 1. The number of carbonyl (C=O) groups is 2. The van der Waals surface area contributed by atoms with Gasteiger partial charge in [-0.3, -0.25) is 9.59 Å². The van der Waals surface area contributed by atoms with Gasteiger partial charge in [0.2, 0.25) is 11.8 Å². The van der Waals surface area contributed by atoms with Gasteiger partial charge in [-0.2, -0.15) is 0 Å². The second-order valence-corrected chi connectivity index (χ2v) is 8.53. The number of hydrogen-bond acceptors (Lipinski definition) is 5. The second kappa shape index (κ2) is 10.0. The average Bonchev–Trinajstić information content (AvgIpc) is 2.74. The van der Waals surface area contributed by atoms with E-state index in [1.54, 1.807) is 18.9 Å². The molecule has 1 N–H and O–H groups in total. The molecular formula is C22H35N5O2. The molecule has 29 heavy (non-hydrogen) atoms. The van der Waals surface area contributed by atoms with E-state index in [4.69, 9.17) is 4.98 Å². The first-order valence-corrected chi connectivity index (χ1v) is 11.0. The molecule has 160 valence electrons. The molecule has 1 saturated heterocycles. The van der Waals surface area contributed by atoms with E-state index < -0.39 is 0 Å². The number of hydrogen-bond donors (Lipinski definition) is 1. The molecule has 3 rings (SSSR count). The third-order valence-corrected chi connectivity index (χ3v) is 6.30. The van der Waals surface area contributed by atoms with Gasteiger partial charge in [-0.05, 0) is 38.0 Å². The molecule has 1 atom stereocenters. The second-order valence-electron chi connectivity index (χ2n) is 8.53. The lowest BCUT2D eigenvalue weighted by Crippen LogP contribution is -2.40. The molecular weight excluding hydrogens is 366 g/mol. The highest BCUT2D eigenvalue weighted by molar-refractivity contribution is 5.77. The summed E-state index contributed by atoms with van der Waals surface area (Å²) in [6, 6.07) is 1.80. The highest BCUT2D eigenvalue weighted by Crippen LogP contribution is 2.33. The minimum Gasteiger partial charge on any atom is -0.373 e. The van der Waals surface area contributed by atoms with Crippen LogP contribution in [0.15, 0.2) is 6.07 Å². The van der Waals surface area contributed by atoms with Gasteiger partial charge >= 0.3 is 0 Å². The topological polar surface area (TPSA) is 78.4 Å². The SMILES string of the molecule is CNc1cc(CN(C)C(C)=O)nc([C@@H]2CCCCN2C(=O)CC2CCCCC2)n1. The van der Waals surface area contributed by atoms with Crippen molar-refractivity contribution in [3.63, 3.8) is 0 Å². The van der Waals surface area contributed by atoms with E-state index >= 15 is 0 Å². The summed E-state index contributed by atoms with van der Waals surface area (Å²) < 4.78 is 0. The summed E-state index contributed by atoms with van der Waals surface area (Å²) in [5, 5.41) is 3.10. The summed E-state index contributed by atoms with van der Waals surface area (Å²) in [6.07, 6.45) is 9.83. The zero-order chi connectivity index (χ0) is 20.8. The Morgan fingerprint density at radius 2 is 1.86 bits per heavy atom. The van der Waals surface area contributed by atoms with E-state index in [9.17, 15) is 9.59 Å². The van der Waals surface area contributed by atoms with E-state index in [1.807, 2.05) is 18.0 Å². The predicted octanol–water partition coefficient (Wildman–Crippen LogP) is 3.52. The van der Waals surface area contributed by atoms with Crippen LogP contribution in [-0.4, -0.2) is 52.2 Å². The van der Waals surface area contributed by atoms with Crippen LogP contribution in [0.25, 0.3) is 0 Å². The van der Waals surface area contributed by atoms with Gasteiger partial charge in [0.05, 0.1) is 18.3 Å². The lowest BCUT2D eigenvalue weighted by Gasteiger charge is -2.36. The Kier molecular flexibility index (Phi) is 7.45. The maximum atomic E-state index is 13.2. The molecule has 2 aliphatic rings. The number of likely N-dealkylation sites (tertiary alicyclic amines) is 1. The van der Waals surface area contributed by atoms with Crippen molar-refractivity contribution in [2.75, 3.05) is 26.0 Å². The Morgan fingerprint density at radius 3 is 2.55 bits per heavy atom. The first-order chi connectivity index (χ1) is 14.0. The molecule has 7 nitrogen and oxygen atoms in total. The van der Waals surface area contributed by atoms with Crippen molar-refractivity contribution in [2.45, 2.75) is 77.3 Å². The van der Waals surface area contributed by atoms with Crippen molar-refractivity contribution in [3.8, 4) is 0 Å². The molecule has 1 aliphatic heterocycles. The van der Waals surface area contributed by atoms with Gasteiger partial charge in [0.15, 0.2) is 5.82 Å². The van der Waals surface area contributed by atoms with Gasteiger partial charge in [-0.25, -0.2) is 9.97 Å². The minimum absolute atomic E-state index is 0.00174. The zero-order valence-corrected chi connectivity index (χ0v) is 18.1. The van der Waals surface area contributed by atoms with Gasteiger partial charge in [0.1, 0.15) is 5.82 Å². The molecule has 0 bridgehead atoms. The van der Waals surface area contributed by atoms with Crippen LogP contribution in [0.2, 0.25) is 0 Å². The van der Waals surface area contributed by atoms with Crippen molar-refractivity contribution in [3.05, 3.63) is 17.6 Å². The van der Waals surface area contributed by atoms with Crippen LogP contribution in [0.4, 0.5) is 5.82 Å². The number of aromatic nitrogens is 2. The molecule has 1 saturated carbocycles. The molecule has 0 spiro atoms. The van der Waals surface area contributed by atoms with Crippen LogP contribution in [0.3, 0.4) is 0 Å². The number of amides is 2. The van der Waals surface area contributed by atoms with Crippen molar-refractivity contribution >= 4 is 17.6 Å². The Bertz CT molecular complexity index is 717. The molecule has 0 unspecified atom stereocenters. The van der Waals surface area contributed by atoms with E-state index in [0.29, 0.717) is 24.7 Å². The first-order valence-electron chi connectivity index (χ1n) is 11.0. The average molecular weight is 402 g/mol. The van der Waals surface area contributed by atoms with Crippen LogP contribution in [0, 0.1) is 5.92 Å². The van der Waals surface area contributed by atoms with Gasteiger partial charge in [0.25, 0.3) is 0 Å². The summed E-state index contributed by atoms with van der Waals surface area (Å²) in [5.74, 6) is 2.21. The Balaban J connectivity index is 1.79. The van der Waals surface area contributed by atoms with Crippen LogP contribution < -0.4 is 5.32 Å². The largest absolute Gasteiger partial charge is 0.373 e. The van der Waals surface area contributed by atoms with Gasteiger partial charge < -0.3 is 15.1 Å². The van der Waals surface area contributed by atoms with E-state index in [1.165, 1.54) is 32.1 Å². The summed E-state index contributed by atoms with van der Waals surface area (Å²) >= 11 is 0. The first kappa shape index (κ1) is 21.5. The van der Waals surface area contributed by atoms with Crippen molar-refractivity contribution in [1.82, 2.24) is 19.8 Å². The molecule has 2 amide bonds. The number of nitrogens with zero attached hydrogens (tertiary/aromatic N) is 4. The standard InChI is InChI=1S/C22H35N5O2/c1-16(28)26(3)15-18-14-20(23-2)25-22(24-18)19-11-7-8-12-27(19)21(29)13-17-9-5-4-6-10-17/h14,17,19H,4-13,15H2,1-3H3,(H,23,24,25)/t19-/m0/s1. The van der Waals surface area contributed by atoms with Crippen LogP contribution in [0.5, 0.6) is 0 Å². The Labute approximate surface area is 174 Å². The number of rotatable bonds is 6. The number of nitrogens with one attached hydrogen (secondary N) is 1. The monoisotopic (exact) mass is 401 g/mol. The van der Waals surface area contributed by atoms with E-state index in [0.717, 1.165) is 37.3 Å². The van der Waals surface area contributed by atoms with Crippen LogP contribution in [0.1, 0.15) is 82.3 Å². The van der Waals surface area contributed by atoms with Crippen molar-refractivity contribution in [1.29, 1.82) is 0 Å². The molecule has 1 aromatic heterocycles. The van der Waals surface area contributed by atoms with Crippen molar-refractivity contribution < 1.29 is 9.59 Å². The predicted molar refractivity (Wildman–Crippen MR) is 113 cm³/mol. The number of carbonyl (C=O) groups excluding carboxylic acids is 2. The van der Waals surface area contributed by atoms with Crippen LogP contribution >= 0.6 is 0 Å². The molecule has 0 radical (unpaired) electrons. The Hall–Kier alpha value is -2.18. The summed E-state index contributed by atoms with van der Waals surface area (Å²) in [6.45, 7) is 2.77. The smallest absolute Gasteiger partial charge is 0.223 e. The lowest BCUT2D eigenvalue weighted by molar-refractivity contribution is -0.136. The molecule has 2 fully saturated rings. The zero-order valence-electron chi connectivity index (χ0n) is 18.1. The highest BCUT2D eigenvalue weighted by Gasteiger charge is 2.32. The summed E-state index contributed by atoms with van der Waals surface area (Å²) in [4.78, 5) is 37.9. The van der Waals surface area contributed by atoms with Crippen molar-refractivity contribution in [2.24, 2.45) is 5.92 Å². The lowest BCUT2D eigenvalue weighted by atomic mass is 9.86.